The number of ether oxygens (including phenoxy) is 2. The summed E-state index contributed by atoms with van der Waals surface area (Å²) in [5.74, 6) is 0.614. The van der Waals surface area contributed by atoms with Gasteiger partial charge in [-0.25, -0.2) is 0 Å². The Balaban J connectivity index is 1.76. The van der Waals surface area contributed by atoms with Crippen LogP contribution in [0.15, 0.2) is 29.3 Å². The molecule has 0 spiro atoms. The second-order valence-corrected chi connectivity index (χ2v) is 6.54. The van der Waals surface area contributed by atoms with E-state index in [9.17, 15) is 4.79 Å². The molecule has 0 aliphatic carbocycles. The molecule has 150 valence electrons. The van der Waals surface area contributed by atoms with Crippen molar-refractivity contribution in [3.05, 3.63) is 35.4 Å². The highest BCUT2D eigenvalue weighted by Gasteiger charge is 2.12. The summed E-state index contributed by atoms with van der Waals surface area (Å²) in [5, 5.41) is 6.67. The van der Waals surface area contributed by atoms with Crippen molar-refractivity contribution >= 4 is 11.9 Å². The summed E-state index contributed by atoms with van der Waals surface area (Å²) in [7, 11) is 3.19. The maximum absolute atomic E-state index is 11.1. The van der Waals surface area contributed by atoms with Gasteiger partial charge in [-0.15, -0.1) is 0 Å². The third-order valence-corrected chi connectivity index (χ3v) is 4.61. The number of carbonyl (C=O) groups is 1. The fraction of sp³-hybridized carbons (Fsp3) is 0.600. The van der Waals surface area contributed by atoms with Crippen LogP contribution in [0.4, 0.5) is 0 Å². The molecule has 1 aliphatic heterocycles. The molecule has 1 aromatic carbocycles. The number of nitrogens with one attached hydrogen (secondary N) is 2. The molecule has 2 rings (SSSR count). The average molecular weight is 377 g/mol. The van der Waals surface area contributed by atoms with Crippen molar-refractivity contribution in [1.82, 2.24) is 15.5 Å². The molecule has 1 heterocycles. The van der Waals surface area contributed by atoms with Crippen LogP contribution in [0.3, 0.4) is 0 Å². The van der Waals surface area contributed by atoms with Gasteiger partial charge < -0.3 is 20.1 Å². The second-order valence-electron chi connectivity index (χ2n) is 6.54. The molecule has 2 N–H and O–H groups in total. The zero-order chi connectivity index (χ0) is 19.3. The number of hydrogen-bond donors (Lipinski definition) is 2. The number of methoxy groups -OCH3 is 1. The van der Waals surface area contributed by atoms with Crippen LogP contribution in [0, 0.1) is 0 Å². The smallest absolute Gasteiger partial charge is 0.305 e. The molecule has 0 aromatic heterocycles. The fourth-order valence-electron chi connectivity index (χ4n) is 2.99. The first-order valence-electron chi connectivity index (χ1n) is 9.61. The van der Waals surface area contributed by atoms with Gasteiger partial charge in [0.15, 0.2) is 5.96 Å². The standard InChI is InChI=1S/C20H32N4O3/c1-21-20(22-10-6-5-9-19(25)26-2)23-15-17-7-3-4-8-18(17)16-24-11-13-27-14-12-24/h3-4,7-8H,5-6,9-16H2,1-2H3,(H2,21,22,23). The third-order valence-electron chi connectivity index (χ3n) is 4.61. The summed E-state index contributed by atoms with van der Waals surface area (Å²) in [6, 6.07) is 8.51. The van der Waals surface area contributed by atoms with Crippen LogP contribution in [0.1, 0.15) is 30.4 Å². The largest absolute Gasteiger partial charge is 0.469 e. The molecule has 7 nitrogen and oxygen atoms in total. The van der Waals surface area contributed by atoms with Crippen molar-refractivity contribution in [3.63, 3.8) is 0 Å². The molecule has 0 saturated carbocycles. The van der Waals surface area contributed by atoms with Crippen molar-refractivity contribution in [2.45, 2.75) is 32.4 Å². The quantitative estimate of drug-likeness (QED) is 0.295. The highest BCUT2D eigenvalue weighted by Crippen LogP contribution is 2.13. The van der Waals surface area contributed by atoms with E-state index in [1.165, 1.54) is 18.2 Å². The SMILES string of the molecule is CN=C(NCCCCC(=O)OC)NCc1ccccc1CN1CCOCC1. The van der Waals surface area contributed by atoms with E-state index in [0.717, 1.165) is 64.7 Å². The van der Waals surface area contributed by atoms with Gasteiger partial charge in [0.2, 0.25) is 0 Å². The first-order valence-corrected chi connectivity index (χ1v) is 9.61. The van der Waals surface area contributed by atoms with Crippen molar-refractivity contribution in [2.75, 3.05) is 47.0 Å². The number of benzene rings is 1. The number of guanidine groups is 1. The molecular weight excluding hydrogens is 344 g/mol. The van der Waals surface area contributed by atoms with Crippen LogP contribution in [0.5, 0.6) is 0 Å². The number of unbranched alkanes of at least 4 members (excludes halogenated alkanes) is 1. The number of rotatable bonds is 9. The molecule has 1 fully saturated rings. The Bertz CT molecular complexity index is 601. The highest BCUT2D eigenvalue weighted by molar-refractivity contribution is 5.79. The third kappa shape index (κ3) is 7.97. The van der Waals surface area contributed by atoms with Crippen LogP contribution in [0.25, 0.3) is 0 Å². The minimum atomic E-state index is -0.158. The normalized spacial score (nSPS) is 15.4. The van der Waals surface area contributed by atoms with Crippen molar-refractivity contribution < 1.29 is 14.3 Å². The fourth-order valence-corrected chi connectivity index (χ4v) is 2.99. The Kier molecular flexibility index (Phi) is 9.65. The molecule has 0 bridgehead atoms. The summed E-state index contributed by atoms with van der Waals surface area (Å²) < 4.78 is 10.1. The van der Waals surface area contributed by atoms with Crippen LogP contribution in [-0.2, 0) is 27.4 Å². The molecular formula is C20H32N4O3. The minimum Gasteiger partial charge on any atom is -0.469 e. The van der Waals surface area contributed by atoms with Gasteiger partial charge in [-0.05, 0) is 24.0 Å². The van der Waals surface area contributed by atoms with E-state index < -0.39 is 0 Å². The topological polar surface area (TPSA) is 75.2 Å². The van der Waals surface area contributed by atoms with Gasteiger partial charge in [0, 0.05) is 46.2 Å². The number of carbonyl (C=O) groups excluding carboxylic acids is 1. The number of esters is 1. The molecule has 0 amide bonds. The molecule has 27 heavy (non-hydrogen) atoms. The zero-order valence-corrected chi connectivity index (χ0v) is 16.5. The van der Waals surface area contributed by atoms with Gasteiger partial charge >= 0.3 is 5.97 Å². The Labute approximate surface area is 162 Å². The molecule has 0 atom stereocenters. The molecule has 1 aromatic rings. The van der Waals surface area contributed by atoms with Crippen LogP contribution in [-0.4, -0.2) is 63.8 Å². The van der Waals surface area contributed by atoms with Crippen LogP contribution >= 0.6 is 0 Å². The first-order chi connectivity index (χ1) is 13.2. The highest BCUT2D eigenvalue weighted by atomic mass is 16.5. The van der Waals surface area contributed by atoms with Gasteiger partial charge in [0.05, 0.1) is 20.3 Å². The van der Waals surface area contributed by atoms with E-state index in [1.807, 2.05) is 0 Å². The monoisotopic (exact) mass is 376 g/mol. The van der Waals surface area contributed by atoms with E-state index in [0.29, 0.717) is 6.42 Å². The first kappa shape index (κ1) is 21.2. The van der Waals surface area contributed by atoms with E-state index in [4.69, 9.17) is 4.74 Å². The van der Waals surface area contributed by atoms with Crippen molar-refractivity contribution in [1.29, 1.82) is 0 Å². The maximum Gasteiger partial charge on any atom is 0.305 e. The molecule has 1 aliphatic rings. The minimum absolute atomic E-state index is 0.158. The van der Waals surface area contributed by atoms with Crippen molar-refractivity contribution in [2.24, 2.45) is 4.99 Å². The number of nitrogens with zero attached hydrogens (tertiary/aromatic N) is 2. The summed E-state index contributed by atoms with van der Waals surface area (Å²) in [5.41, 5.74) is 2.61. The van der Waals surface area contributed by atoms with E-state index in [-0.39, 0.29) is 5.97 Å². The predicted octanol–water partition coefficient (Wildman–Crippen LogP) is 1.53. The van der Waals surface area contributed by atoms with E-state index in [1.54, 1.807) is 7.05 Å². The van der Waals surface area contributed by atoms with Crippen LogP contribution < -0.4 is 10.6 Å². The molecule has 0 radical (unpaired) electrons. The van der Waals surface area contributed by atoms with Gasteiger partial charge in [-0.2, -0.15) is 0 Å². The lowest BCUT2D eigenvalue weighted by atomic mass is 10.1. The summed E-state index contributed by atoms with van der Waals surface area (Å²) >= 11 is 0. The van der Waals surface area contributed by atoms with Gasteiger partial charge in [-0.3, -0.25) is 14.7 Å². The van der Waals surface area contributed by atoms with E-state index in [2.05, 4.69) is 49.5 Å². The lowest BCUT2D eigenvalue weighted by Gasteiger charge is -2.27. The van der Waals surface area contributed by atoms with Gasteiger partial charge in [0.25, 0.3) is 0 Å². The van der Waals surface area contributed by atoms with Gasteiger partial charge in [-0.1, -0.05) is 24.3 Å². The Morgan fingerprint density at radius 1 is 1.19 bits per heavy atom. The van der Waals surface area contributed by atoms with Gasteiger partial charge in [0.1, 0.15) is 0 Å². The summed E-state index contributed by atoms with van der Waals surface area (Å²) in [4.78, 5) is 17.8. The average Bonchev–Trinajstić information content (AvgIpc) is 2.71. The number of aliphatic imine (C=N–C) groups is 1. The number of hydrogen-bond acceptors (Lipinski definition) is 5. The molecule has 0 unspecified atom stereocenters. The van der Waals surface area contributed by atoms with E-state index >= 15 is 0 Å². The Morgan fingerprint density at radius 3 is 2.63 bits per heavy atom. The van der Waals surface area contributed by atoms with Crippen molar-refractivity contribution in [3.8, 4) is 0 Å². The Morgan fingerprint density at radius 2 is 1.93 bits per heavy atom. The maximum atomic E-state index is 11.1. The molecule has 1 saturated heterocycles. The predicted molar refractivity (Wildman–Crippen MR) is 107 cm³/mol. The number of morpholine rings is 1. The lowest BCUT2D eigenvalue weighted by molar-refractivity contribution is -0.140. The summed E-state index contributed by atoms with van der Waals surface area (Å²) in [6.07, 6.45) is 2.15. The molecule has 7 heteroatoms. The zero-order valence-electron chi connectivity index (χ0n) is 16.5. The Hall–Kier alpha value is -2.12. The lowest BCUT2D eigenvalue weighted by Crippen LogP contribution is -2.38. The second kappa shape index (κ2) is 12.3. The summed E-state index contributed by atoms with van der Waals surface area (Å²) in [6.45, 7) is 6.03. The van der Waals surface area contributed by atoms with Crippen LogP contribution in [0.2, 0.25) is 0 Å².